The van der Waals surface area contributed by atoms with Gasteiger partial charge in [-0.15, -0.1) is 0 Å². The van der Waals surface area contributed by atoms with Crippen LogP contribution in [0.2, 0.25) is 5.02 Å². The van der Waals surface area contributed by atoms with Crippen molar-refractivity contribution in [1.82, 2.24) is 4.90 Å². The molecule has 1 N–H and O–H groups in total. The summed E-state index contributed by atoms with van der Waals surface area (Å²) in [5.41, 5.74) is 2.50. The van der Waals surface area contributed by atoms with Crippen molar-refractivity contribution in [1.29, 1.82) is 0 Å². The molecule has 2 aromatic rings. The number of amides is 1. The van der Waals surface area contributed by atoms with E-state index < -0.39 is 0 Å². The third-order valence-corrected chi connectivity index (χ3v) is 3.70. The number of nitrogens with zero attached hydrogens (tertiary/aromatic N) is 1. The number of hydrogen-bond acceptors (Lipinski definition) is 2. The zero-order valence-electron chi connectivity index (χ0n) is 11.9. The van der Waals surface area contributed by atoms with E-state index in [-0.39, 0.29) is 12.5 Å². The smallest absolute Gasteiger partial charge is 0.254 e. The van der Waals surface area contributed by atoms with E-state index in [1.807, 2.05) is 43.3 Å². The number of carbonyl (C=O) groups excluding carboxylic acids is 1. The highest BCUT2D eigenvalue weighted by atomic mass is 35.5. The van der Waals surface area contributed by atoms with Crippen LogP contribution < -0.4 is 0 Å². The highest BCUT2D eigenvalue weighted by Gasteiger charge is 2.16. The molecule has 3 nitrogen and oxygen atoms in total. The number of rotatable bonds is 5. The molecule has 0 fully saturated rings. The fraction of sp³-hybridized carbons (Fsp3) is 0.235. The molecule has 2 rings (SSSR count). The van der Waals surface area contributed by atoms with E-state index in [0.717, 1.165) is 11.1 Å². The summed E-state index contributed by atoms with van der Waals surface area (Å²) in [4.78, 5) is 14.2. The van der Waals surface area contributed by atoms with Crippen LogP contribution in [0.4, 0.5) is 0 Å². The Morgan fingerprint density at radius 2 is 1.90 bits per heavy atom. The van der Waals surface area contributed by atoms with E-state index in [2.05, 4.69) is 0 Å². The molecule has 4 heteroatoms. The molecular weight excluding hydrogens is 286 g/mol. The Morgan fingerprint density at radius 3 is 2.52 bits per heavy atom. The van der Waals surface area contributed by atoms with Crippen molar-refractivity contribution >= 4 is 17.5 Å². The molecule has 110 valence electrons. The van der Waals surface area contributed by atoms with Crippen LogP contribution in [0.25, 0.3) is 0 Å². The standard InChI is InChI=1S/C17H18ClNO2/c1-13-7-8-15(11-16(13)18)17(21)19(9-10-20)12-14-5-3-2-4-6-14/h2-8,11,20H,9-10,12H2,1H3. The quantitative estimate of drug-likeness (QED) is 0.921. The van der Waals surface area contributed by atoms with Crippen molar-refractivity contribution in [2.45, 2.75) is 13.5 Å². The molecule has 0 bridgehead atoms. The van der Waals surface area contributed by atoms with Crippen LogP contribution in [0.5, 0.6) is 0 Å². The normalized spacial score (nSPS) is 10.4. The third-order valence-electron chi connectivity index (χ3n) is 3.29. The van der Waals surface area contributed by atoms with Crippen molar-refractivity contribution in [3.8, 4) is 0 Å². The Morgan fingerprint density at radius 1 is 1.19 bits per heavy atom. The summed E-state index contributed by atoms with van der Waals surface area (Å²) in [5.74, 6) is -0.130. The number of aliphatic hydroxyl groups is 1. The van der Waals surface area contributed by atoms with E-state index in [0.29, 0.717) is 23.7 Å². The molecule has 0 saturated heterocycles. The lowest BCUT2D eigenvalue weighted by atomic mass is 10.1. The maximum Gasteiger partial charge on any atom is 0.254 e. The van der Waals surface area contributed by atoms with Gasteiger partial charge in [-0.05, 0) is 30.2 Å². The van der Waals surface area contributed by atoms with E-state index in [1.54, 1.807) is 17.0 Å². The van der Waals surface area contributed by atoms with Crippen molar-refractivity contribution in [2.24, 2.45) is 0 Å². The van der Waals surface area contributed by atoms with Gasteiger partial charge in [0.05, 0.1) is 6.61 Å². The monoisotopic (exact) mass is 303 g/mol. The fourth-order valence-electron chi connectivity index (χ4n) is 2.09. The topological polar surface area (TPSA) is 40.5 Å². The predicted molar refractivity (Wildman–Crippen MR) is 84.5 cm³/mol. The van der Waals surface area contributed by atoms with Gasteiger partial charge in [-0.1, -0.05) is 48.0 Å². The fourth-order valence-corrected chi connectivity index (χ4v) is 2.27. The molecule has 0 aliphatic heterocycles. The lowest BCUT2D eigenvalue weighted by molar-refractivity contribution is 0.0708. The average molecular weight is 304 g/mol. The van der Waals surface area contributed by atoms with Crippen molar-refractivity contribution < 1.29 is 9.90 Å². The van der Waals surface area contributed by atoms with Gasteiger partial charge in [-0.3, -0.25) is 4.79 Å². The SMILES string of the molecule is Cc1ccc(C(=O)N(CCO)Cc2ccccc2)cc1Cl. The van der Waals surface area contributed by atoms with Gasteiger partial charge < -0.3 is 10.0 Å². The predicted octanol–water partition coefficient (Wildman–Crippen LogP) is 3.28. The largest absolute Gasteiger partial charge is 0.395 e. The molecule has 0 radical (unpaired) electrons. The van der Waals surface area contributed by atoms with Gasteiger partial charge in [0.2, 0.25) is 0 Å². The van der Waals surface area contributed by atoms with Gasteiger partial charge in [0.15, 0.2) is 0 Å². The second-order valence-corrected chi connectivity index (χ2v) is 5.31. The Hall–Kier alpha value is -1.84. The van der Waals surface area contributed by atoms with Crippen LogP contribution in [0.3, 0.4) is 0 Å². The second kappa shape index (κ2) is 7.25. The Kier molecular flexibility index (Phi) is 5.37. The van der Waals surface area contributed by atoms with Gasteiger partial charge in [0.1, 0.15) is 0 Å². The summed E-state index contributed by atoms with van der Waals surface area (Å²) >= 11 is 6.08. The molecule has 0 saturated carbocycles. The maximum atomic E-state index is 12.6. The number of halogens is 1. The average Bonchev–Trinajstić information content (AvgIpc) is 2.50. The first-order valence-electron chi connectivity index (χ1n) is 6.82. The summed E-state index contributed by atoms with van der Waals surface area (Å²) in [7, 11) is 0. The van der Waals surface area contributed by atoms with Crippen LogP contribution in [0.15, 0.2) is 48.5 Å². The summed E-state index contributed by atoms with van der Waals surface area (Å²) in [6, 6.07) is 15.0. The zero-order valence-corrected chi connectivity index (χ0v) is 12.7. The van der Waals surface area contributed by atoms with Crippen LogP contribution in [-0.4, -0.2) is 29.1 Å². The highest BCUT2D eigenvalue weighted by molar-refractivity contribution is 6.31. The van der Waals surface area contributed by atoms with Crippen LogP contribution >= 0.6 is 11.6 Å². The Bertz CT molecular complexity index is 613. The molecule has 0 aliphatic rings. The number of aliphatic hydroxyl groups excluding tert-OH is 1. The summed E-state index contributed by atoms with van der Waals surface area (Å²) in [6.07, 6.45) is 0. The van der Waals surface area contributed by atoms with Gasteiger partial charge >= 0.3 is 0 Å². The minimum Gasteiger partial charge on any atom is -0.395 e. The summed E-state index contributed by atoms with van der Waals surface area (Å²) < 4.78 is 0. The molecule has 0 aliphatic carbocycles. The molecular formula is C17H18ClNO2. The van der Waals surface area contributed by atoms with E-state index in [1.165, 1.54) is 0 Å². The van der Waals surface area contributed by atoms with Crippen LogP contribution in [0, 0.1) is 6.92 Å². The number of carbonyl (C=O) groups is 1. The van der Waals surface area contributed by atoms with Crippen molar-refractivity contribution in [3.63, 3.8) is 0 Å². The van der Waals surface area contributed by atoms with E-state index in [9.17, 15) is 9.90 Å². The van der Waals surface area contributed by atoms with Crippen LogP contribution in [0.1, 0.15) is 21.5 Å². The van der Waals surface area contributed by atoms with E-state index in [4.69, 9.17) is 11.6 Å². The molecule has 0 aromatic heterocycles. The molecule has 0 heterocycles. The molecule has 1 amide bonds. The highest BCUT2D eigenvalue weighted by Crippen LogP contribution is 2.18. The minimum absolute atomic E-state index is 0.0713. The van der Waals surface area contributed by atoms with Crippen molar-refractivity contribution in [3.05, 3.63) is 70.2 Å². The lowest BCUT2D eigenvalue weighted by Gasteiger charge is -2.22. The summed E-state index contributed by atoms with van der Waals surface area (Å²) in [5, 5.41) is 9.76. The van der Waals surface area contributed by atoms with Crippen molar-refractivity contribution in [2.75, 3.05) is 13.2 Å². The van der Waals surface area contributed by atoms with E-state index >= 15 is 0 Å². The first-order chi connectivity index (χ1) is 10.1. The second-order valence-electron chi connectivity index (χ2n) is 4.90. The lowest BCUT2D eigenvalue weighted by Crippen LogP contribution is -2.33. The third kappa shape index (κ3) is 4.06. The van der Waals surface area contributed by atoms with Gasteiger partial charge in [-0.25, -0.2) is 0 Å². The maximum absolute atomic E-state index is 12.6. The first kappa shape index (κ1) is 15.5. The Balaban J connectivity index is 2.20. The van der Waals surface area contributed by atoms with Gasteiger partial charge in [0, 0.05) is 23.7 Å². The first-order valence-corrected chi connectivity index (χ1v) is 7.20. The van der Waals surface area contributed by atoms with Crippen LogP contribution in [-0.2, 0) is 6.54 Å². The number of benzene rings is 2. The number of hydrogen-bond donors (Lipinski definition) is 1. The molecule has 0 spiro atoms. The molecule has 21 heavy (non-hydrogen) atoms. The Labute approximate surface area is 129 Å². The van der Waals surface area contributed by atoms with Gasteiger partial charge in [0.25, 0.3) is 5.91 Å². The molecule has 0 unspecified atom stereocenters. The molecule has 2 aromatic carbocycles. The zero-order chi connectivity index (χ0) is 15.2. The summed E-state index contributed by atoms with van der Waals surface area (Å²) in [6.45, 7) is 2.58. The van der Waals surface area contributed by atoms with Gasteiger partial charge in [-0.2, -0.15) is 0 Å². The minimum atomic E-state index is -0.130. The molecule has 0 atom stereocenters. The number of aryl methyl sites for hydroxylation is 1.